The Morgan fingerprint density at radius 3 is 2.07 bits per heavy atom. The molecule has 0 aromatic rings. The highest BCUT2D eigenvalue weighted by atomic mass is 16.5. The molecule has 0 saturated carbocycles. The molecule has 0 spiro atoms. The Kier molecular flexibility index (Phi) is 3.86. The van der Waals surface area contributed by atoms with Crippen molar-refractivity contribution in [3.8, 4) is 0 Å². The molecule has 1 aliphatic heterocycles. The average Bonchev–Trinajstić information content (AvgIpc) is 2.14. The summed E-state index contributed by atoms with van der Waals surface area (Å²) in [5, 5.41) is 37.4. The lowest BCUT2D eigenvalue weighted by Gasteiger charge is -2.41. The van der Waals surface area contributed by atoms with Crippen molar-refractivity contribution < 1.29 is 25.2 Å². The van der Waals surface area contributed by atoms with Crippen LogP contribution in [0.1, 0.15) is 13.8 Å². The van der Waals surface area contributed by atoms with Crippen LogP contribution in [0.4, 0.5) is 0 Å². The monoisotopic (exact) mass is 206 g/mol. The fourth-order valence-corrected chi connectivity index (χ4v) is 1.68. The van der Waals surface area contributed by atoms with Gasteiger partial charge in [-0.25, -0.2) is 0 Å². The molecule has 84 valence electrons. The zero-order chi connectivity index (χ0) is 10.9. The van der Waals surface area contributed by atoms with Crippen molar-refractivity contribution in [1.82, 2.24) is 0 Å². The molecule has 14 heavy (non-hydrogen) atoms. The smallest absolute Gasteiger partial charge is 0.111 e. The van der Waals surface area contributed by atoms with Crippen molar-refractivity contribution in [3.63, 3.8) is 0 Å². The normalized spacial score (nSPS) is 44.4. The third-order valence-corrected chi connectivity index (χ3v) is 2.59. The molecule has 2 unspecified atom stereocenters. The van der Waals surface area contributed by atoms with Crippen LogP contribution in [-0.4, -0.2) is 57.6 Å². The van der Waals surface area contributed by atoms with Gasteiger partial charge in [-0.05, 0) is 5.92 Å². The maximum Gasteiger partial charge on any atom is 0.111 e. The van der Waals surface area contributed by atoms with Gasteiger partial charge in [-0.1, -0.05) is 13.8 Å². The summed E-state index contributed by atoms with van der Waals surface area (Å²) >= 11 is 0. The Balaban J connectivity index is 2.73. The largest absolute Gasteiger partial charge is 0.394 e. The molecule has 1 saturated heterocycles. The SMILES string of the molecule is CC(C)[C@@H]1OC(CO)[C@H](O)[C@@H](O)C1O. The van der Waals surface area contributed by atoms with E-state index in [1.807, 2.05) is 13.8 Å². The quantitative estimate of drug-likeness (QED) is 0.441. The van der Waals surface area contributed by atoms with Crippen molar-refractivity contribution in [2.45, 2.75) is 44.4 Å². The maximum absolute atomic E-state index is 9.57. The van der Waals surface area contributed by atoms with Crippen molar-refractivity contribution in [2.24, 2.45) is 5.92 Å². The van der Waals surface area contributed by atoms with Crippen LogP contribution in [0.25, 0.3) is 0 Å². The number of hydrogen-bond acceptors (Lipinski definition) is 5. The fraction of sp³-hybridized carbons (Fsp3) is 1.00. The highest BCUT2D eigenvalue weighted by molar-refractivity contribution is 4.92. The van der Waals surface area contributed by atoms with Crippen molar-refractivity contribution in [2.75, 3.05) is 6.61 Å². The van der Waals surface area contributed by atoms with E-state index in [4.69, 9.17) is 9.84 Å². The fourth-order valence-electron chi connectivity index (χ4n) is 1.68. The van der Waals surface area contributed by atoms with Gasteiger partial charge in [0.25, 0.3) is 0 Å². The lowest BCUT2D eigenvalue weighted by molar-refractivity contribution is -0.238. The van der Waals surface area contributed by atoms with Crippen LogP contribution in [0.2, 0.25) is 0 Å². The van der Waals surface area contributed by atoms with Gasteiger partial charge in [0.1, 0.15) is 24.4 Å². The predicted molar refractivity (Wildman–Crippen MR) is 48.6 cm³/mol. The molecule has 1 aliphatic rings. The van der Waals surface area contributed by atoms with E-state index in [2.05, 4.69) is 0 Å². The van der Waals surface area contributed by atoms with Gasteiger partial charge in [0.05, 0.1) is 12.7 Å². The Morgan fingerprint density at radius 1 is 1.07 bits per heavy atom. The van der Waals surface area contributed by atoms with E-state index in [1.54, 1.807) is 0 Å². The molecule has 5 atom stereocenters. The van der Waals surface area contributed by atoms with Crippen molar-refractivity contribution in [1.29, 1.82) is 0 Å². The minimum absolute atomic E-state index is 0.0150. The number of aliphatic hydroxyl groups excluding tert-OH is 4. The molecule has 0 amide bonds. The van der Waals surface area contributed by atoms with Crippen LogP contribution in [0.5, 0.6) is 0 Å². The lowest BCUT2D eigenvalue weighted by Crippen LogP contribution is -2.59. The highest BCUT2D eigenvalue weighted by Gasteiger charge is 2.44. The molecule has 5 nitrogen and oxygen atoms in total. The molecule has 1 fully saturated rings. The molecule has 4 N–H and O–H groups in total. The number of rotatable bonds is 2. The second-order valence-corrected chi connectivity index (χ2v) is 4.04. The van der Waals surface area contributed by atoms with E-state index in [0.29, 0.717) is 0 Å². The van der Waals surface area contributed by atoms with Crippen LogP contribution in [0.15, 0.2) is 0 Å². The first-order chi connectivity index (χ1) is 6.49. The van der Waals surface area contributed by atoms with Crippen molar-refractivity contribution in [3.05, 3.63) is 0 Å². The van der Waals surface area contributed by atoms with Crippen molar-refractivity contribution >= 4 is 0 Å². The molecule has 5 heteroatoms. The van der Waals surface area contributed by atoms with Crippen LogP contribution in [0, 0.1) is 5.92 Å². The Labute approximate surface area is 82.9 Å². The second kappa shape index (κ2) is 4.55. The molecule has 0 aliphatic carbocycles. The lowest BCUT2D eigenvalue weighted by atomic mass is 9.90. The van der Waals surface area contributed by atoms with Gasteiger partial charge in [-0.3, -0.25) is 0 Å². The first-order valence-electron chi connectivity index (χ1n) is 4.79. The highest BCUT2D eigenvalue weighted by Crippen LogP contribution is 2.25. The van der Waals surface area contributed by atoms with Crippen LogP contribution < -0.4 is 0 Å². The summed E-state index contributed by atoms with van der Waals surface area (Å²) in [6.45, 7) is 3.31. The van der Waals surface area contributed by atoms with Gasteiger partial charge in [0, 0.05) is 0 Å². The second-order valence-electron chi connectivity index (χ2n) is 4.04. The summed E-state index contributed by atoms with van der Waals surface area (Å²) < 4.78 is 5.28. The summed E-state index contributed by atoms with van der Waals surface area (Å²) in [5.41, 5.74) is 0. The first-order valence-corrected chi connectivity index (χ1v) is 4.79. The zero-order valence-electron chi connectivity index (χ0n) is 8.37. The van der Waals surface area contributed by atoms with Gasteiger partial charge >= 0.3 is 0 Å². The maximum atomic E-state index is 9.57. The number of ether oxygens (including phenoxy) is 1. The van der Waals surface area contributed by atoms with Gasteiger partial charge in [-0.15, -0.1) is 0 Å². The molecule has 0 radical (unpaired) electrons. The topological polar surface area (TPSA) is 90.2 Å². The van der Waals surface area contributed by atoms with Gasteiger partial charge in [0.2, 0.25) is 0 Å². The molecular formula is C9H18O5. The summed E-state index contributed by atoms with van der Waals surface area (Å²) in [4.78, 5) is 0. The molecular weight excluding hydrogens is 188 g/mol. The summed E-state index contributed by atoms with van der Waals surface area (Å²) in [6, 6.07) is 0. The Morgan fingerprint density at radius 2 is 1.64 bits per heavy atom. The van der Waals surface area contributed by atoms with E-state index >= 15 is 0 Å². The minimum Gasteiger partial charge on any atom is -0.394 e. The summed E-state index contributed by atoms with van der Waals surface area (Å²) in [6.07, 6.45) is -4.96. The third kappa shape index (κ3) is 2.07. The third-order valence-electron chi connectivity index (χ3n) is 2.59. The molecule has 1 heterocycles. The standard InChI is InChI=1S/C9H18O5/c1-4(2)9-8(13)7(12)6(11)5(3-10)14-9/h4-13H,3H2,1-2H3/t5?,6-,7+,8?,9-/m0/s1. The molecule has 0 aromatic heterocycles. The van der Waals surface area contributed by atoms with Crippen LogP contribution in [-0.2, 0) is 4.74 Å². The van der Waals surface area contributed by atoms with E-state index in [9.17, 15) is 15.3 Å². The van der Waals surface area contributed by atoms with Gasteiger partial charge < -0.3 is 25.2 Å². The van der Waals surface area contributed by atoms with Gasteiger partial charge in [-0.2, -0.15) is 0 Å². The van der Waals surface area contributed by atoms with E-state index in [0.717, 1.165) is 0 Å². The van der Waals surface area contributed by atoms with E-state index in [1.165, 1.54) is 0 Å². The van der Waals surface area contributed by atoms with E-state index < -0.39 is 30.5 Å². The predicted octanol–water partition coefficient (Wildman–Crippen LogP) is -1.52. The summed E-state index contributed by atoms with van der Waals surface area (Å²) in [7, 11) is 0. The van der Waals surface area contributed by atoms with Crippen LogP contribution >= 0.6 is 0 Å². The number of aliphatic hydroxyl groups is 4. The first kappa shape index (κ1) is 11.9. The molecule has 0 aromatic carbocycles. The minimum atomic E-state index is -1.26. The van der Waals surface area contributed by atoms with E-state index in [-0.39, 0.29) is 12.5 Å². The Bertz CT molecular complexity index is 182. The molecule has 1 rings (SSSR count). The Hall–Kier alpha value is -0.200. The van der Waals surface area contributed by atoms with Crippen LogP contribution in [0.3, 0.4) is 0 Å². The average molecular weight is 206 g/mol. The number of hydrogen-bond donors (Lipinski definition) is 4. The summed E-state index contributed by atoms with van der Waals surface area (Å²) in [5.74, 6) is 0.0150. The molecule has 0 bridgehead atoms. The zero-order valence-corrected chi connectivity index (χ0v) is 8.37. The van der Waals surface area contributed by atoms with Gasteiger partial charge in [0.15, 0.2) is 0 Å².